The Labute approximate surface area is 168 Å². The molecule has 1 nitrogen and oxygen atoms in total. The molecule has 1 heterocycles. The Hall–Kier alpha value is -3.59. The SMILES string of the molecule is C=CCc1c(-c2ccccc2)cc(-c2ccc(F)cc2)[o+]c1-c1ccc(F)cc1. The molecule has 1 aromatic heterocycles. The van der Waals surface area contributed by atoms with Gasteiger partial charge in [0.2, 0.25) is 0 Å². The van der Waals surface area contributed by atoms with Crippen LogP contribution in [0.15, 0.2) is 102 Å². The molecule has 0 atom stereocenters. The van der Waals surface area contributed by atoms with Crippen molar-refractivity contribution in [2.75, 3.05) is 0 Å². The molecule has 0 spiro atoms. The maximum atomic E-state index is 13.5. The normalized spacial score (nSPS) is 10.7. The van der Waals surface area contributed by atoms with E-state index in [1.54, 1.807) is 24.3 Å². The van der Waals surface area contributed by atoms with Crippen molar-refractivity contribution in [1.29, 1.82) is 0 Å². The Kier molecular flexibility index (Phi) is 5.30. The van der Waals surface area contributed by atoms with E-state index < -0.39 is 0 Å². The average molecular weight is 385 g/mol. The Morgan fingerprint density at radius 3 is 1.90 bits per heavy atom. The predicted molar refractivity (Wildman–Crippen MR) is 113 cm³/mol. The van der Waals surface area contributed by atoms with Crippen LogP contribution in [0.5, 0.6) is 0 Å². The van der Waals surface area contributed by atoms with Crippen LogP contribution in [0.3, 0.4) is 0 Å². The van der Waals surface area contributed by atoms with Gasteiger partial charge in [0.1, 0.15) is 11.6 Å². The lowest BCUT2D eigenvalue weighted by Crippen LogP contribution is -1.96. The molecule has 0 N–H and O–H groups in total. The molecular weight excluding hydrogens is 366 g/mol. The van der Waals surface area contributed by atoms with Gasteiger partial charge in [0.25, 0.3) is 0 Å². The van der Waals surface area contributed by atoms with Gasteiger partial charge in [-0.25, -0.2) is 13.2 Å². The van der Waals surface area contributed by atoms with Gasteiger partial charge in [0, 0.05) is 12.0 Å². The lowest BCUT2D eigenvalue weighted by atomic mass is 9.93. The fraction of sp³-hybridized carbons (Fsp3) is 0.0385. The van der Waals surface area contributed by atoms with Gasteiger partial charge in [0.05, 0.1) is 22.8 Å². The largest absolute Gasteiger partial charge is 0.364 e. The molecule has 142 valence electrons. The van der Waals surface area contributed by atoms with Crippen molar-refractivity contribution in [3.05, 3.63) is 115 Å². The first-order valence-corrected chi connectivity index (χ1v) is 9.34. The van der Waals surface area contributed by atoms with Crippen molar-refractivity contribution >= 4 is 0 Å². The molecule has 0 aliphatic rings. The second-order valence-corrected chi connectivity index (χ2v) is 6.70. The molecule has 3 heteroatoms. The van der Waals surface area contributed by atoms with E-state index in [4.69, 9.17) is 4.42 Å². The minimum atomic E-state index is -0.308. The number of hydrogen-bond donors (Lipinski definition) is 0. The third-order valence-corrected chi connectivity index (χ3v) is 4.76. The molecule has 3 aromatic carbocycles. The van der Waals surface area contributed by atoms with E-state index in [9.17, 15) is 8.78 Å². The topological polar surface area (TPSA) is 11.3 Å². The fourth-order valence-electron chi connectivity index (χ4n) is 3.35. The van der Waals surface area contributed by atoms with Crippen molar-refractivity contribution in [3.8, 4) is 33.8 Å². The summed E-state index contributed by atoms with van der Waals surface area (Å²) in [5.74, 6) is 0.637. The van der Waals surface area contributed by atoms with Crippen LogP contribution in [0, 0.1) is 11.6 Å². The maximum absolute atomic E-state index is 13.5. The summed E-state index contributed by atoms with van der Waals surface area (Å²) in [4.78, 5) is 0. The van der Waals surface area contributed by atoms with Gasteiger partial charge < -0.3 is 0 Å². The summed E-state index contributed by atoms with van der Waals surface area (Å²) in [7, 11) is 0. The zero-order valence-electron chi connectivity index (χ0n) is 15.7. The standard InChI is InChI=1S/C26H19F2O/c1-2-6-23-24(18-7-4-3-5-8-18)17-25(19-9-13-21(27)14-10-19)29-26(23)20-11-15-22(28)16-12-20/h2-5,7-17H,1,6H2/q+1. The van der Waals surface area contributed by atoms with Gasteiger partial charge in [-0.05, 0) is 54.1 Å². The van der Waals surface area contributed by atoms with Gasteiger partial charge in [-0.3, -0.25) is 0 Å². The minimum Gasteiger partial charge on any atom is -0.207 e. The molecule has 29 heavy (non-hydrogen) atoms. The summed E-state index contributed by atoms with van der Waals surface area (Å²) in [5, 5.41) is 0. The lowest BCUT2D eigenvalue weighted by molar-refractivity contribution is 0.575. The Bertz CT molecular complexity index is 1130. The summed E-state index contributed by atoms with van der Waals surface area (Å²) in [6.07, 6.45) is 2.41. The van der Waals surface area contributed by atoms with Crippen LogP contribution in [0.25, 0.3) is 33.8 Å². The monoisotopic (exact) mass is 385 g/mol. The van der Waals surface area contributed by atoms with E-state index in [0.717, 1.165) is 27.8 Å². The quantitative estimate of drug-likeness (QED) is 0.255. The zero-order valence-corrected chi connectivity index (χ0v) is 15.7. The molecule has 0 aliphatic heterocycles. The molecule has 0 saturated carbocycles. The number of rotatable bonds is 5. The van der Waals surface area contributed by atoms with E-state index in [1.165, 1.54) is 24.3 Å². The number of allylic oxidation sites excluding steroid dienone is 1. The van der Waals surface area contributed by atoms with Crippen molar-refractivity contribution < 1.29 is 13.2 Å². The Morgan fingerprint density at radius 1 is 0.724 bits per heavy atom. The Morgan fingerprint density at radius 2 is 1.31 bits per heavy atom. The minimum absolute atomic E-state index is 0.306. The van der Waals surface area contributed by atoms with Gasteiger partial charge >= 0.3 is 11.5 Å². The fourth-order valence-corrected chi connectivity index (χ4v) is 3.35. The van der Waals surface area contributed by atoms with E-state index in [0.29, 0.717) is 17.9 Å². The molecule has 0 unspecified atom stereocenters. The van der Waals surface area contributed by atoms with Crippen LogP contribution in [0.1, 0.15) is 5.56 Å². The van der Waals surface area contributed by atoms with Gasteiger partial charge in [-0.15, -0.1) is 6.58 Å². The van der Waals surface area contributed by atoms with Crippen molar-refractivity contribution in [2.24, 2.45) is 0 Å². The van der Waals surface area contributed by atoms with Crippen molar-refractivity contribution in [1.82, 2.24) is 0 Å². The van der Waals surface area contributed by atoms with E-state index in [-0.39, 0.29) is 11.6 Å². The summed E-state index contributed by atoms with van der Waals surface area (Å²) in [6, 6.07) is 24.4. The van der Waals surface area contributed by atoms with Crippen LogP contribution >= 0.6 is 0 Å². The van der Waals surface area contributed by atoms with Crippen LogP contribution < -0.4 is 0 Å². The molecular formula is C26H19F2O+. The van der Waals surface area contributed by atoms with Crippen molar-refractivity contribution in [2.45, 2.75) is 6.42 Å². The average Bonchev–Trinajstić information content (AvgIpc) is 2.76. The van der Waals surface area contributed by atoms with Crippen molar-refractivity contribution in [3.63, 3.8) is 0 Å². The highest BCUT2D eigenvalue weighted by Crippen LogP contribution is 2.38. The van der Waals surface area contributed by atoms with Crippen LogP contribution in [0.2, 0.25) is 0 Å². The summed E-state index contributed by atoms with van der Waals surface area (Å²) in [5.41, 5.74) is 4.52. The van der Waals surface area contributed by atoms with Crippen LogP contribution in [-0.4, -0.2) is 0 Å². The molecule has 0 aliphatic carbocycles. The van der Waals surface area contributed by atoms with E-state index in [1.807, 2.05) is 42.5 Å². The van der Waals surface area contributed by atoms with Gasteiger partial charge in [0.15, 0.2) is 0 Å². The van der Waals surface area contributed by atoms with E-state index in [2.05, 4.69) is 6.58 Å². The molecule has 0 saturated heterocycles. The number of hydrogen-bond acceptors (Lipinski definition) is 0. The lowest BCUT2D eigenvalue weighted by Gasteiger charge is -2.09. The summed E-state index contributed by atoms with van der Waals surface area (Å²) >= 11 is 0. The molecule has 4 rings (SSSR count). The second kappa shape index (κ2) is 8.19. The van der Waals surface area contributed by atoms with Gasteiger partial charge in [-0.2, -0.15) is 0 Å². The smallest absolute Gasteiger partial charge is 0.207 e. The van der Waals surface area contributed by atoms with Crippen LogP contribution in [0.4, 0.5) is 8.78 Å². The van der Waals surface area contributed by atoms with Crippen LogP contribution in [-0.2, 0) is 6.42 Å². The molecule has 0 bridgehead atoms. The highest BCUT2D eigenvalue weighted by Gasteiger charge is 2.26. The third kappa shape index (κ3) is 3.99. The second-order valence-electron chi connectivity index (χ2n) is 6.70. The number of halogens is 2. The zero-order chi connectivity index (χ0) is 20.2. The first-order chi connectivity index (χ1) is 14.2. The number of benzene rings is 3. The first-order valence-electron chi connectivity index (χ1n) is 9.34. The predicted octanol–water partition coefficient (Wildman–Crippen LogP) is 7.57. The first kappa shape index (κ1) is 18.8. The Balaban J connectivity index is 2.01. The molecule has 0 fully saturated rings. The highest BCUT2D eigenvalue weighted by atomic mass is 19.1. The molecule has 4 aromatic rings. The summed E-state index contributed by atoms with van der Waals surface area (Å²) < 4.78 is 33.2. The third-order valence-electron chi connectivity index (χ3n) is 4.76. The summed E-state index contributed by atoms with van der Waals surface area (Å²) in [6.45, 7) is 3.89. The highest BCUT2D eigenvalue weighted by molar-refractivity contribution is 5.79. The maximum Gasteiger partial charge on any atom is 0.364 e. The van der Waals surface area contributed by atoms with Gasteiger partial charge in [-0.1, -0.05) is 36.4 Å². The molecule has 0 amide bonds. The molecule has 0 radical (unpaired) electrons. The van der Waals surface area contributed by atoms with E-state index >= 15 is 0 Å².